The topological polar surface area (TPSA) is 65.1 Å². The maximum atomic E-state index is 12.2. The predicted octanol–water partition coefficient (Wildman–Crippen LogP) is 2.99. The number of aromatic nitrogens is 1. The van der Waals surface area contributed by atoms with Crippen LogP contribution in [0.5, 0.6) is 0 Å². The average Bonchev–Trinajstić information content (AvgIpc) is 2.48. The van der Waals surface area contributed by atoms with Crippen molar-refractivity contribution in [2.24, 2.45) is 7.05 Å². The highest BCUT2D eigenvalue weighted by atomic mass is 16.6. The molecule has 2 rings (SSSR count). The van der Waals surface area contributed by atoms with Crippen LogP contribution in [-0.2, 0) is 7.05 Å². The van der Waals surface area contributed by atoms with Gasteiger partial charge in [-0.1, -0.05) is 43.4 Å². The summed E-state index contributed by atoms with van der Waals surface area (Å²) < 4.78 is 1.30. The van der Waals surface area contributed by atoms with Gasteiger partial charge >= 0.3 is 11.2 Å². The number of unbranched alkanes of at least 4 members (excludes halogenated alkanes) is 2. The molecule has 0 radical (unpaired) electrons. The Morgan fingerprint density at radius 2 is 2.05 bits per heavy atom. The normalized spacial score (nSPS) is 10.2. The Morgan fingerprint density at radius 1 is 1.33 bits per heavy atom. The van der Waals surface area contributed by atoms with Crippen molar-refractivity contribution in [1.29, 1.82) is 0 Å². The van der Waals surface area contributed by atoms with E-state index < -0.39 is 16.2 Å². The summed E-state index contributed by atoms with van der Waals surface area (Å²) in [6.07, 6.45) is 2.61. The van der Waals surface area contributed by atoms with Gasteiger partial charge in [-0.25, -0.2) is 0 Å². The molecule has 0 amide bonds. The van der Waals surface area contributed by atoms with E-state index in [2.05, 4.69) is 18.8 Å². The number of aryl methyl sites for hydroxylation is 1. The molecule has 0 fully saturated rings. The minimum absolute atomic E-state index is 0.217. The fourth-order valence-corrected chi connectivity index (χ4v) is 2.19. The number of para-hydroxylation sites is 1. The minimum atomic E-state index is -0.640. The molecule has 5 heteroatoms. The highest BCUT2D eigenvalue weighted by molar-refractivity contribution is 5.88. The third-order valence-corrected chi connectivity index (χ3v) is 3.33. The second-order valence-electron chi connectivity index (χ2n) is 4.77. The zero-order valence-electron chi connectivity index (χ0n) is 12.0. The van der Waals surface area contributed by atoms with Gasteiger partial charge in [-0.05, 0) is 12.5 Å². The molecular formula is C16H16N2O3. The third-order valence-electron chi connectivity index (χ3n) is 3.33. The Kier molecular flexibility index (Phi) is 4.39. The van der Waals surface area contributed by atoms with Crippen LogP contribution < -0.4 is 5.56 Å². The van der Waals surface area contributed by atoms with Crippen LogP contribution in [0.2, 0.25) is 0 Å². The smallest absolute Gasteiger partial charge is 0.305 e. The van der Waals surface area contributed by atoms with E-state index in [4.69, 9.17) is 0 Å². The molecule has 0 aliphatic rings. The molecule has 1 aromatic heterocycles. The Bertz CT molecular complexity index is 810. The molecule has 0 aliphatic heterocycles. The molecule has 2 aromatic rings. The summed E-state index contributed by atoms with van der Waals surface area (Å²) in [6, 6.07) is 7.10. The maximum absolute atomic E-state index is 12.2. The Morgan fingerprint density at radius 3 is 2.71 bits per heavy atom. The summed E-state index contributed by atoms with van der Waals surface area (Å²) in [5.41, 5.74) is -0.207. The van der Waals surface area contributed by atoms with Gasteiger partial charge in [0.25, 0.3) is 0 Å². The van der Waals surface area contributed by atoms with E-state index in [1.54, 1.807) is 24.3 Å². The van der Waals surface area contributed by atoms with Gasteiger partial charge < -0.3 is 4.57 Å². The maximum Gasteiger partial charge on any atom is 0.350 e. The molecule has 108 valence electrons. The van der Waals surface area contributed by atoms with Gasteiger partial charge in [-0.3, -0.25) is 14.9 Å². The van der Waals surface area contributed by atoms with Gasteiger partial charge in [0.2, 0.25) is 0 Å². The lowest BCUT2D eigenvalue weighted by Gasteiger charge is -2.07. The van der Waals surface area contributed by atoms with Gasteiger partial charge in [0.1, 0.15) is 5.56 Å². The number of pyridine rings is 1. The fourth-order valence-electron chi connectivity index (χ4n) is 2.19. The number of rotatable bonds is 3. The number of hydrogen-bond donors (Lipinski definition) is 0. The van der Waals surface area contributed by atoms with E-state index in [9.17, 15) is 14.9 Å². The van der Waals surface area contributed by atoms with Crippen molar-refractivity contribution in [1.82, 2.24) is 4.57 Å². The van der Waals surface area contributed by atoms with Crippen molar-refractivity contribution in [3.05, 3.63) is 50.3 Å². The molecule has 0 unspecified atom stereocenters. The number of fused-ring (bicyclic) bond motifs is 1. The summed E-state index contributed by atoms with van der Waals surface area (Å²) in [6.45, 7) is 2.05. The lowest BCUT2D eigenvalue weighted by molar-refractivity contribution is -0.386. The van der Waals surface area contributed by atoms with Gasteiger partial charge in [0.05, 0.1) is 10.4 Å². The van der Waals surface area contributed by atoms with Gasteiger partial charge in [-0.15, -0.1) is 0 Å². The molecule has 0 spiro atoms. The average molecular weight is 284 g/mol. The summed E-state index contributed by atoms with van der Waals surface area (Å²) in [5, 5.41) is 11.9. The van der Waals surface area contributed by atoms with E-state index >= 15 is 0 Å². The van der Waals surface area contributed by atoms with Crippen LogP contribution >= 0.6 is 0 Å². The predicted molar refractivity (Wildman–Crippen MR) is 82.2 cm³/mol. The van der Waals surface area contributed by atoms with Gasteiger partial charge in [0, 0.05) is 18.9 Å². The van der Waals surface area contributed by atoms with Crippen LogP contribution in [0, 0.1) is 22.0 Å². The van der Waals surface area contributed by atoms with Crippen molar-refractivity contribution in [2.75, 3.05) is 0 Å². The second kappa shape index (κ2) is 6.23. The van der Waals surface area contributed by atoms with Crippen molar-refractivity contribution in [2.45, 2.75) is 26.2 Å². The molecule has 1 aromatic carbocycles. The van der Waals surface area contributed by atoms with Crippen LogP contribution in [0.15, 0.2) is 29.1 Å². The van der Waals surface area contributed by atoms with Crippen molar-refractivity contribution in [3.63, 3.8) is 0 Å². The zero-order chi connectivity index (χ0) is 15.4. The van der Waals surface area contributed by atoms with Crippen LogP contribution in [0.1, 0.15) is 31.7 Å². The van der Waals surface area contributed by atoms with E-state index in [-0.39, 0.29) is 5.56 Å². The van der Waals surface area contributed by atoms with Crippen molar-refractivity contribution >= 4 is 16.6 Å². The highest BCUT2D eigenvalue weighted by Crippen LogP contribution is 2.23. The van der Waals surface area contributed by atoms with Crippen molar-refractivity contribution in [3.8, 4) is 11.8 Å². The summed E-state index contributed by atoms with van der Waals surface area (Å²) in [5.74, 6) is 5.77. The number of benzene rings is 1. The molecule has 0 atom stereocenters. The Hall–Kier alpha value is -2.61. The van der Waals surface area contributed by atoms with E-state index in [0.717, 1.165) is 12.8 Å². The molecule has 0 N–H and O–H groups in total. The first kappa shape index (κ1) is 14.8. The van der Waals surface area contributed by atoms with Crippen LogP contribution in [0.25, 0.3) is 10.9 Å². The van der Waals surface area contributed by atoms with E-state index in [0.29, 0.717) is 17.3 Å². The van der Waals surface area contributed by atoms with Gasteiger partial charge in [0.15, 0.2) is 0 Å². The lowest BCUT2D eigenvalue weighted by Crippen LogP contribution is -2.21. The van der Waals surface area contributed by atoms with Crippen LogP contribution in [0.4, 0.5) is 5.69 Å². The molecule has 0 saturated heterocycles. The molecule has 1 heterocycles. The van der Waals surface area contributed by atoms with Crippen LogP contribution in [0.3, 0.4) is 0 Å². The molecule has 0 bridgehead atoms. The molecule has 0 saturated carbocycles. The zero-order valence-corrected chi connectivity index (χ0v) is 12.0. The van der Waals surface area contributed by atoms with Crippen molar-refractivity contribution < 1.29 is 4.92 Å². The number of nitrogens with zero attached hydrogens (tertiary/aromatic N) is 2. The van der Waals surface area contributed by atoms with E-state index in [1.807, 2.05) is 0 Å². The third kappa shape index (κ3) is 2.79. The second-order valence-corrected chi connectivity index (χ2v) is 4.77. The Labute approximate surface area is 122 Å². The summed E-state index contributed by atoms with van der Waals surface area (Å²) in [4.78, 5) is 22.8. The largest absolute Gasteiger partial charge is 0.350 e. The first-order valence-electron chi connectivity index (χ1n) is 6.83. The number of nitro groups is 1. The minimum Gasteiger partial charge on any atom is -0.305 e. The number of hydrogen-bond acceptors (Lipinski definition) is 3. The van der Waals surface area contributed by atoms with Gasteiger partial charge in [-0.2, -0.15) is 0 Å². The standard InChI is InChI=1S/C16H16N2O3/c1-3-4-5-6-10-13-12-9-7-8-11-14(12)17(2)16(19)15(13)18(20)21/h7-9,11H,3-5H2,1-2H3. The van der Waals surface area contributed by atoms with Crippen LogP contribution in [-0.4, -0.2) is 9.49 Å². The molecule has 5 nitrogen and oxygen atoms in total. The lowest BCUT2D eigenvalue weighted by atomic mass is 10.1. The van der Waals surface area contributed by atoms with E-state index in [1.165, 1.54) is 11.6 Å². The highest BCUT2D eigenvalue weighted by Gasteiger charge is 2.23. The fraction of sp³-hybridized carbons (Fsp3) is 0.312. The monoisotopic (exact) mass is 284 g/mol. The summed E-state index contributed by atoms with van der Waals surface area (Å²) in [7, 11) is 1.53. The first-order valence-corrected chi connectivity index (χ1v) is 6.83. The quantitative estimate of drug-likeness (QED) is 0.376. The molecular weight excluding hydrogens is 268 g/mol. The SMILES string of the molecule is CCCCC#Cc1c([N+](=O)[O-])c(=O)n(C)c2ccccc12. The first-order chi connectivity index (χ1) is 10.1. The molecule has 21 heavy (non-hydrogen) atoms. The molecule has 0 aliphatic carbocycles. The Balaban J connectivity index is 2.78. The summed E-state index contributed by atoms with van der Waals surface area (Å²) >= 11 is 0.